The molecule has 1 atom stereocenters. The molecule has 1 aromatic rings. The number of benzene rings is 1. The quantitative estimate of drug-likeness (QED) is 0.763. The van der Waals surface area contributed by atoms with Crippen molar-refractivity contribution in [1.82, 2.24) is 5.32 Å². The van der Waals surface area contributed by atoms with Crippen molar-refractivity contribution < 1.29 is 0 Å². The Kier molecular flexibility index (Phi) is 5.54. The molecule has 0 fully saturated rings. The molecule has 16 heavy (non-hydrogen) atoms. The van der Waals surface area contributed by atoms with Crippen LogP contribution in [0.15, 0.2) is 18.2 Å². The van der Waals surface area contributed by atoms with E-state index in [0.717, 1.165) is 6.54 Å². The molecule has 0 aliphatic carbocycles. The fourth-order valence-corrected chi connectivity index (χ4v) is 2.10. The second-order valence-electron chi connectivity index (χ2n) is 4.70. The van der Waals surface area contributed by atoms with E-state index in [9.17, 15) is 0 Å². The van der Waals surface area contributed by atoms with Crippen LogP contribution in [0.2, 0.25) is 0 Å². The smallest absolute Gasteiger partial charge is 0.0210 e. The summed E-state index contributed by atoms with van der Waals surface area (Å²) in [5.41, 5.74) is 4.18. The van der Waals surface area contributed by atoms with E-state index in [0.29, 0.717) is 6.04 Å². The molecule has 0 saturated heterocycles. The molecular weight excluding hydrogens is 194 g/mol. The Bertz CT molecular complexity index is 317. The summed E-state index contributed by atoms with van der Waals surface area (Å²) >= 11 is 0. The molecular formula is C15H25N. The molecule has 0 spiro atoms. The maximum atomic E-state index is 3.65. The minimum absolute atomic E-state index is 0.672. The lowest BCUT2D eigenvalue weighted by Gasteiger charge is -2.17. The highest BCUT2D eigenvalue weighted by Crippen LogP contribution is 2.11. The predicted octanol–water partition coefficient (Wildman–Crippen LogP) is 3.97. The van der Waals surface area contributed by atoms with Crippen molar-refractivity contribution >= 4 is 0 Å². The topological polar surface area (TPSA) is 12.0 Å². The Morgan fingerprint density at radius 2 is 1.94 bits per heavy atom. The molecule has 1 rings (SSSR count). The summed E-state index contributed by atoms with van der Waals surface area (Å²) in [5.74, 6) is 0. The Labute approximate surface area is 100 Å². The highest BCUT2D eigenvalue weighted by molar-refractivity contribution is 5.30. The summed E-state index contributed by atoms with van der Waals surface area (Å²) in [4.78, 5) is 0. The van der Waals surface area contributed by atoms with Gasteiger partial charge in [0.2, 0.25) is 0 Å². The van der Waals surface area contributed by atoms with Crippen LogP contribution in [0.5, 0.6) is 0 Å². The standard InChI is InChI=1S/C15H25N/c1-5-7-15(6-2)16-11-14-9-8-12(3)10-13(14)4/h8-10,15-16H,5-7,11H2,1-4H3. The Morgan fingerprint density at radius 1 is 1.19 bits per heavy atom. The zero-order valence-corrected chi connectivity index (χ0v) is 11.1. The number of nitrogens with one attached hydrogen (secondary N) is 1. The third-order valence-electron chi connectivity index (χ3n) is 3.21. The van der Waals surface area contributed by atoms with Gasteiger partial charge in [0.05, 0.1) is 0 Å². The van der Waals surface area contributed by atoms with Gasteiger partial charge in [-0.3, -0.25) is 0 Å². The lowest BCUT2D eigenvalue weighted by Crippen LogP contribution is -2.27. The van der Waals surface area contributed by atoms with Gasteiger partial charge in [0, 0.05) is 12.6 Å². The molecule has 1 N–H and O–H groups in total. The molecule has 0 aliphatic heterocycles. The molecule has 1 unspecified atom stereocenters. The van der Waals surface area contributed by atoms with Crippen LogP contribution < -0.4 is 5.32 Å². The minimum Gasteiger partial charge on any atom is -0.310 e. The van der Waals surface area contributed by atoms with Gasteiger partial charge in [-0.25, -0.2) is 0 Å². The van der Waals surface area contributed by atoms with Gasteiger partial charge in [0.15, 0.2) is 0 Å². The lowest BCUT2D eigenvalue weighted by molar-refractivity contribution is 0.462. The van der Waals surface area contributed by atoms with Crippen LogP contribution in [0.4, 0.5) is 0 Å². The third-order valence-corrected chi connectivity index (χ3v) is 3.21. The molecule has 0 aliphatic rings. The first-order valence-corrected chi connectivity index (χ1v) is 6.46. The van der Waals surface area contributed by atoms with E-state index in [1.807, 2.05) is 0 Å². The fraction of sp³-hybridized carbons (Fsp3) is 0.600. The molecule has 0 aromatic heterocycles. The summed E-state index contributed by atoms with van der Waals surface area (Å²) < 4.78 is 0. The van der Waals surface area contributed by atoms with Gasteiger partial charge < -0.3 is 5.32 Å². The maximum Gasteiger partial charge on any atom is 0.0210 e. The zero-order chi connectivity index (χ0) is 12.0. The average Bonchev–Trinajstić information content (AvgIpc) is 2.26. The van der Waals surface area contributed by atoms with Crippen molar-refractivity contribution in [2.75, 3.05) is 0 Å². The number of rotatable bonds is 6. The second-order valence-corrected chi connectivity index (χ2v) is 4.70. The van der Waals surface area contributed by atoms with Gasteiger partial charge in [0.1, 0.15) is 0 Å². The van der Waals surface area contributed by atoms with Gasteiger partial charge in [-0.05, 0) is 37.8 Å². The van der Waals surface area contributed by atoms with Gasteiger partial charge in [-0.1, -0.05) is 44.0 Å². The Hall–Kier alpha value is -0.820. The van der Waals surface area contributed by atoms with Crippen molar-refractivity contribution in [2.24, 2.45) is 0 Å². The first-order chi connectivity index (χ1) is 7.67. The van der Waals surface area contributed by atoms with Crippen LogP contribution in [0.1, 0.15) is 49.8 Å². The van der Waals surface area contributed by atoms with E-state index in [1.165, 1.54) is 36.0 Å². The highest BCUT2D eigenvalue weighted by Gasteiger charge is 2.05. The van der Waals surface area contributed by atoms with Crippen molar-refractivity contribution in [2.45, 2.75) is 59.5 Å². The van der Waals surface area contributed by atoms with Crippen LogP contribution in [0.25, 0.3) is 0 Å². The molecule has 0 bridgehead atoms. The second kappa shape index (κ2) is 6.70. The third kappa shape index (κ3) is 3.97. The summed E-state index contributed by atoms with van der Waals surface area (Å²) in [7, 11) is 0. The van der Waals surface area contributed by atoms with Gasteiger partial charge in [-0.15, -0.1) is 0 Å². The summed E-state index contributed by atoms with van der Waals surface area (Å²) in [6.07, 6.45) is 3.76. The van der Waals surface area contributed by atoms with Crippen LogP contribution in [0, 0.1) is 13.8 Å². The summed E-state index contributed by atoms with van der Waals surface area (Å²) in [6, 6.07) is 7.38. The molecule has 1 heteroatoms. The Balaban J connectivity index is 2.53. The number of aryl methyl sites for hydroxylation is 2. The van der Waals surface area contributed by atoms with Crippen LogP contribution in [0.3, 0.4) is 0 Å². The first kappa shape index (κ1) is 13.2. The molecule has 0 heterocycles. The predicted molar refractivity (Wildman–Crippen MR) is 71.7 cm³/mol. The van der Waals surface area contributed by atoms with Crippen LogP contribution >= 0.6 is 0 Å². The lowest BCUT2D eigenvalue weighted by atomic mass is 10.0. The van der Waals surface area contributed by atoms with E-state index in [-0.39, 0.29) is 0 Å². The molecule has 0 radical (unpaired) electrons. The van der Waals surface area contributed by atoms with E-state index >= 15 is 0 Å². The number of hydrogen-bond acceptors (Lipinski definition) is 1. The molecule has 1 aromatic carbocycles. The molecule has 1 nitrogen and oxygen atoms in total. The minimum atomic E-state index is 0.672. The van der Waals surface area contributed by atoms with Gasteiger partial charge in [-0.2, -0.15) is 0 Å². The van der Waals surface area contributed by atoms with E-state index in [1.54, 1.807) is 0 Å². The zero-order valence-electron chi connectivity index (χ0n) is 11.1. The maximum absolute atomic E-state index is 3.65. The summed E-state index contributed by atoms with van der Waals surface area (Å²) in [6.45, 7) is 9.86. The van der Waals surface area contributed by atoms with Crippen molar-refractivity contribution in [3.8, 4) is 0 Å². The highest BCUT2D eigenvalue weighted by atomic mass is 14.9. The van der Waals surface area contributed by atoms with Crippen molar-refractivity contribution in [3.05, 3.63) is 34.9 Å². The SMILES string of the molecule is CCCC(CC)NCc1ccc(C)cc1C. The van der Waals surface area contributed by atoms with Crippen molar-refractivity contribution in [1.29, 1.82) is 0 Å². The largest absolute Gasteiger partial charge is 0.310 e. The monoisotopic (exact) mass is 219 g/mol. The normalized spacial score (nSPS) is 12.8. The molecule has 0 saturated carbocycles. The van der Waals surface area contributed by atoms with E-state index in [4.69, 9.17) is 0 Å². The van der Waals surface area contributed by atoms with E-state index in [2.05, 4.69) is 51.2 Å². The molecule has 0 amide bonds. The van der Waals surface area contributed by atoms with E-state index < -0.39 is 0 Å². The average molecular weight is 219 g/mol. The first-order valence-electron chi connectivity index (χ1n) is 6.46. The van der Waals surface area contributed by atoms with Gasteiger partial charge in [0.25, 0.3) is 0 Å². The Morgan fingerprint density at radius 3 is 2.50 bits per heavy atom. The fourth-order valence-electron chi connectivity index (χ4n) is 2.10. The van der Waals surface area contributed by atoms with Crippen molar-refractivity contribution in [3.63, 3.8) is 0 Å². The van der Waals surface area contributed by atoms with Crippen LogP contribution in [-0.4, -0.2) is 6.04 Å². The molecule has 90 valence electrons. The van der Waals surface area contributed by atoms with Gasteiger partial charge >= 0.3 is 0 Å². The van der Waals surface area contributed by atoms with Crippen LogP contribution in [-0.2, 0) is 6.54 Å². The number of hydrogen-bond donors (Lipinski definition) is 1. The summed E-state index contributed by atoms with van der Waals surface area (Å²) in [5, 5.41) is 3.65.